The summed E-state index contributed by atoms with van der Waals surface area (Å²) >= 11 is 0. The standard InChI is InChI=1S/C14H9NO3/c15-9-12(8-13-2-1-7-18-13)10-3-5-11(6-4-10)14(16)17/h1-8H,(H,16,17). The summed E-state index contributed by atoms with van der Waals surface area (Å²) in [5.41, 5.74) is 1.26. The third kappa shape index (κ3) is 2.47. The van der Waals surface area contributed by atoms with Gasteiger partial charge < -0.3 is 9.52 Å². The first-order valence-electron chi connectivity index (χ1n) is 5.20. The summed E-state index contributed by atoms with van der Waals surface area (Å²) in [5, 5.41) is 17.9. The minimum atomic E-state index is -0.991. The van der Waals surface area contributed by atoms with Crippen molar-refractivity contribution >= 4 is 17.6 Å². The van der Waals surface area contributed by atoms with Gasteiger partial charge in [0.2, 0.25) is 0 Å². The topological polar surface area (TPSA) is 74.2 Å². The number of allylic oxidation sites excluding steroid dienone is 1. The van der Waals surface area contributed by atoms with E-state index in [1.54, 1.807) is 30.3 Å². The van der Waals surface area contributed by atoms with Crippen LogP contribution in [0, 0.1) is 11.3 Å². The Kier molecular flexibility index (Phi) is 3.26. The van der Waals surface area contributed by atoms with Gasteiger partial charge in [-0.25, -0.2) is 4.79 Å². The monoisotopic (exact) mass is 239 g/mol. The van der Waals surface area contributed by atoms with Crippen LogP contribution in [0.1, 0.15) is 21.7 Å². The zero-order valence-corrected chi connectivity index (χ0v) is 9.33. The number of furan rings is 1. The Balaban J connectivity index is 2.35. The first-order chi connectivity index (χ1) is 8.70. The summed E-state index contributed by atoms with van der Waals surface area (Å²) in [6, 6.07) is 11.7. The fourth-order valence-corrected chi connectivity index (χ4v) is 1.49. The van der Waals surface area contributed by atoms with E-state index in [0.717, 1.165) is 0 Å². The molecule has 4 heteroatoms. The average Bonchev–Trinajstić information content (AvgIpc) is 2.89. The van der Waals surface area contributed by atoms with Crippen LogP contribution in [0.2, 0.25) is 0 Å². The molecule has 1 aromatic carbocycles. The number of benzene rings is 1. The van der Waals surface area contributed by atoms with Crippen molar-refractivity contribution in [3.8, 4) is 6.07 Å². The molecule has 0 fully saturated rings. The van der Waals surface area contributed by atoms with Gasteiger partial charge in [0.25, 0.3) is 0 Å². The maximum Gasteiger partial charge on any atom is 0.335 e. The summed E-state index contributed by atoms with van der Waals surface area (Å²) in [7, 11) is 0. The molecule has 88 valence electrons. The largest absolute Gasteiger partial charge is 0.478 e. The minimum Gasteiger partial charge on any atom is -0.478 e. The van der Waals surface area contributed by atoms with Crippen LogP contribution in [0.4, 0.5) is 0 Å². The molecule has 0 bridgehead atoms. The van der Waals surface area contributed by atoms with E-state index in [1.165, 1.54) is 18.4 Å². The van der Waals surface area contributed by atoms with E-state index in [0.29, 0.717) is 16.9 Å². The number of nitriles is 1. The highest BCUT2D eigenvalue weighted by Gasteiger charge is 2.05. The molecule has 0 amide bonds. The molecule has 0 saturated carbocycles. The van der Waals surface area contributed by atoms with Crippen LogP contribution in [0.3, 0.4) is 0 Å². The van der Waals surface area contributed by atoms with E-state index >= 15 is 0 Å². The van der Waals surface area contributed by atoms with Crippen molar-refractivity contribution in [3.05, 3.63) is 59.5 Å². The lowest BCUT2D eigenvalue weighted by atomic mass is 10.0. The van der Waals surface area contributed by atoms with Crippen molar-refractivity contribution in [1.29, 1.82) is 5.26 Å². The van der Waals surface area contributed by atoms with Crippen LogP contribution >= 0.6 is 0 Å². The fraction of sp³-hybridized carbons (Fsp3) is 0. The summed E-state index contributed by atoms with van der Waals surface area (Å²) < 4.78 is 5.13. The highest BCUT2D eigenvalue weighted by molar-refractivity contribution is 5.91. The Morgan fingerprint density at radius 3 is 2.39 bits per heavy atom. The maximum atomic E-state index is 10.7. The Bertz CT molecular complexity index is 616. The predicted octanol–water partition coefficient (Wildman–Crippen LogP) is 3.04. The van der Waals surface area contributed by atoms with Crippen molar-refractivity contribution in [2.45, 2.75) is 0 Å². The Morgan fingerprint density at radius 2 is 1.89 bits per heavy atom. The van der Waals surface area contributed by atoms with Crippen molar-refractivity contribution in [2.75, 3.05) is 0 Å². The summed E-state index contributed by atoms with van der Waals surface area (Å²) in [6.07, 6.45) is 3.13. The molecule has 1 aromatic heterocycles. The fourth-order valence-electron chi connectivity index (χ4n) is 1.49. The van der Waals surface area contributed by atoms with E-state index in [1.807, 2.05) is 0 Å². The lowest BCUT2D eigenvalue weighted by Crippen LogP contribution is -1.95. The summed E-state index contributed by atoms with van der Waals surface area (Å²) in [6.45, 7) is 0. The number of nitrogens with zero attached hydrogens (tertiary/aromatic N) is 1. The number of hydrogen-bond donors (Lipinski definition) is 1. The first-order valence-corrected chi connectivity index (χ1v) is 5.20. The average molecular weight is 239 g/mol. The molecule has 0 atom stereocenters. The molecule has 1 N–H and O–H groups in total. The van der Waals surface area contributed by atoms with Gasteiger partial charge in [0.15, 0.2) is 0 Å². The molecule has 0 unspecified atom stereocenters. The Morgan fingerprint density at radius 1 is 1.22 bits per heavy atom. The van der Waals surface area contributed by atoms with Gasteiger partial charge >= 0.3 is 5.97 Å². The van der Waals surface area contributed by atoms with E-state index in [-0.39, 0.29) is 5.56 Å². The van der Waals surface area contributed by atoms with E-state index in [9.17, 15) is 4.79 Å². The molecule has 1 heterocycles. The van der Waals surface area contributed by atoms with Gasteiger partial charge in [-0.15, -0.1) is 0 Å². The van der Waals surface area contributed by atoms with Crippen LogP contribution in [0.15, 0.2) is 47.1 Å². The van der Waals surface area contributed by atoms with Gasteiger partial charge in [-0.2, -0.15) is 5.26 Å². The molecule has 2 aromatic rings. The van der Waals surface area contributed by atoms with Crippen LogP contribution in [-0.2, 0) is 0 Å². The molecule has 0 radical (unpaired) electrons. The van der Waals surface area contributed by atoms with Gasteiger partial charge in [-0.1, -0.05) is 12.1 Å². The van der Waals surface area contributed by atoms with Crippen LogP contribution in [0.5, 0.6) is 0 Å². The smallest absolute Gasteiger partial charge is 0.335 e. The van der Waals surface area contributed by atoms with Gasteiger partial charge in [-0.3, -0.25) is 0 Å². The van der Waals surface area contributed by atoms with E-state index in [2.05, 4.69) is 6.07 Å². The zero-order chi connectivity index (χ0) is 13.0. The second kappa shape index (κ2) is 5.02. The number of aromatic carboxylic acids is 1. The third-order valence-electron chi connectivity index (χ3n) is 2.39. The lowest BCUT2D eigenvalue weighted by Gasteiger charge is -1.99. The molecule has 2 rings (SSSR count). The SMILES string of the molecule is N#CC(=Cc1ccco1)c1ccc(C(=O)O)cc1. The summed E-state index contributed by atoms with van der Waals surface area (Å²) in [4.78, 5) is 10.7. The van der Waals surface area contributed by atoms with Crippen molar-refractivity contribution < 1.29 is 14.3 Å². The highest BCUT2D eigenvalue weighted by Crippen LogP contribution is 2.18. The van der Waals surface area contributed by atoms with Crippen molar-refractivity contribution in [1.82, 2.24) is 0 Å². The molecular formula is C14H9NO3. The zero-order valence-electron chi connectivity index (χ0n) is 9.33. The minimum absolute atomic E-state index is 0.189. The third-order valence-corrected chi connectivity index (χ3v) is 2.39. The number of rotatable bonds is 3. The molecular weight excluding hydrogens is 230 g/mol. The summed E-state index contributed by atoms with van der Waals surface area (Å²) in [5.74, 6) is -0.413. The van der Waals surface area contributed by atoms with Gasteiger partial charge in [0.05, 0.1) is 23.5 Å². The van der Waals surface area contributed by atoms with E-state index in [4.69, 9.17) is 14.8 Å². The number of carboxylic acids is 1. The highest BCUT2D eigenvalue weighted by atomic mass is 16.4. The molecule has 0 spiro atoms. The Labute approximate surface area is 103 Å². The maximum absolute atomic E-state index is 10.7. The first kappa shape index (κ1) is 11.7. The predicted molar refractivity (Wildman–Crippen MR) is 65.6 cm³/mol. The molecule has 18 heavy (non-hydrogen) atoms. The number of carboxylic acid groups (broad SMARTS) is 1. The normalized spacial score (nSPS) is 10.9. The second-order valence-corrected chi connectivity index (χ2v) is 3.57. The van der Waals surface area contributed by atoms with Crippen molar-refractivity contribution in [2.24, 2.45) is 0 Å². The number of carbonyl (C=O) groups is 1. The quantitative estimate of drug-likeness (QED) is 0.835. The molecule has 0 saturated heterocycles. The second-order valence-electron chi connectivity index (χ2n) is 3.57. The van der Waals surface area contributed by atoms with E-state index < -0.39 is 5.97 Å². The van der Waals surface area contributed by atoms with Crippen molar-refractivity contribution in [3.63, 3.8) is 0 Å². The Hall–Kier alpha value is -2.80. The van der Waals surface area contributed by atoms with Crippen LogP contribution < -0.4 is 0 Å². The molecule has 0 aliphatic carbocycles. The van der Waals surface area contributed by atoms with Crippen LogP contribution in [0.25, 0.3) is 11.6 Å². The molecule has 0 aliphatic heterocycles. The van der Waals surface area contributed by atoms with Gasteiger partial charge in [0.1, 0.15) is 5.76 Å². The molecule has 0 aliphatic rings. The van der Waals surface area contributed by atoms with Crippen LogP contribution in [-0.4, -0.2) is 11.1 Å². The van der Waals surface area contributed by atoms with Gasteiger partial charge in [0, 0.05) is 0 Å². The lowest BCUT2D eigenvalue weighted by molar-refractivity contribution is 0.0697. The molecule has 4 nitrogen and oxygen atoms in total. The number of hydrogen-bond acceptors (Lipinski definition) is 3. The van der Waals surface area contributed by atoms with Gasteiger partial charge in [-0.05, 0) is 35.9 Å².